The van der Waals surface area contributed by atoms with Crippen LogP contribution in [0.2, 0.25) is 0 Å². The van der Waals surface area contributed by atoms with Gasteiger partial charge < -0.3 is 14.8 Å². The maximum absolute atomic E-state index is 12.3. The molecule has 0 spiro atoms. The van der Waals surface area contributed by atoms with E-state index in [-0.39, 0.29) is 12.2 Å². The van der Waals surface area contributed by atoms with E-state index in [1.165, 1.54) is 23.7 Å². The molecule has 2 aromatic heterocycles. The first-order valence-electron chi connectivity index (χ1n) is 8.35. The molecule has 9 heteroatoms. The third-order valence-electron chi connectivity index (χ3n) is 3.84. The molecule has 3 rings (SSSR count). The van der Waals surface area contributed by atoms with Crippen LogP contribution in [0.4, 0.5) is 5.00 Å². The van der Waals surface area contributed by atoms with Crippen molar-refractivity contribution in [2.45, 2.75) is 25.7 Å². The van der Waals surface area contributed by atoms with Crippen LogP contribution < -0.4 is 5.32 Å². The van der Waals surface area contributed by atoms with Gasteiger partial charge in [-0.05, 0) is 58.6 Å². The SMILES string of the molecule is CCOC(=O)c1c(C2CC2)csc1NC(=O)COC(=O)c1cncc(Br)c1. The first-order valence-corrected chi connectivity index (χ1v) is 10.0. The van der Waals surface area contributed by atoms with Gasteiger partial charge >= 0.3 is 11.9 Å². The Labute approximate surface area is 168 Å². The van der Waals surface area contributed by atoms with E-state index in [4.69, 9.17) is 9.47 Å². The van der Waals surface area contributed by atoms with Crippen LogP contribution in [-0.2, 0) is 14.3 Å². The van der Waals surface area contributed by atoms with Gasteiger partial charge in [0.25, 0.3) is 5.91 Å². The van der Waals surface area contributed by atoms with Gasteiger partial charge in [0, 0.05) is 16.9 Å². The van der Waals surface area contributed by atoms with Crippen molar-refractivity contribution in [3.63, 3.8) is 0 Å². The molecular formula is C18H17BrN2O5S. The van der Waals surface area contributed by atoms with Crippen molar-refractivity contribution in [1.82, 2.24) is 4.98 Å². The van der Waals surface area contributed by atoms with Crippen LogP contribution in [0.3, 0.4) is 0 Å². The maximum Gasteiger partial charge on any atom is 0.341 e. The zero-order valence-corrected chi connectivity index (χ0v) is 16.9. The Kier molecular flexibility index (Phi) is 6.22. The second-order valence-electron chi connectivity index (χ2n) is 5.91. The Balaban J connectivity index is 1.64. The number of aromatic nitrogens is 1. The fraction of sp³-hybridized carbons (Fsp3) is 0.333. The van der Waals surface area contributed by atoms with Crippen molar-refractivity contribution in [3.8, 4) is 0 Å². The molecule has 0 aromatic carbocycles. The number of pyridine rings is 1. The average Bonchev–Trinajstić information content (AvgIpc) is 3.40. The number of carbonyl (C=O) groups is 3. The Morgan fingerprint density at radius 1 is 1.26 bits per heavy atom. The lowest BCUT2D eigenvalue weighted by atomic mass is 10.1. The van der Waals surface area contributed by atoms with Crippen molar-refractivity contribution in [2.75, 3.05) is 18.5 Å². The molecule has 1 aliphatic rings. The molecule has 0 aliphatic heterocycles. The molecular weight excluding hydrogens is 436 g/mol. The highest BCUT2D eigenvalue weighted by Gasteiger charge is 2.32. The second kappa shape index (κ2) is 8.62. The number of rotatable bonds is 7. The molecule has 142 valence electrons. The molecule has 0 bridgehead atoms. The number of carbonyl (C=O) groups excluding carboxylic acids is 3. The molecule has 0 atom stereocenters. The molecule has 1 saturated carbocycles. The third-order valence-corrected chi connectivity index (χ3v) is 5.19. The van der Waals surface area contributed by atoms with E-state index < -0.39 is 24.5 Å². The van der Waals surface area contributed by atoms with E-state index in [0.717, 1.165) is 18.4 Å². The van der Waals surface area contributed by atoms with Crippen LogP contribution in [0.1, 0.15) is 52.0 Å². The number of esters is 2. The summed E-state index contributed by atoms with van der Waals surface area (Å²) in [6.45, 7) is 1.52. The van der Waals surface area contributed by atoms with Gasteiger partial charge in [-0.1, -0.05) is 0 Å². The van der Waals surface area contributed by atoms with Gasteiger partial charge in [0.15, 0.2) is 6.61 Å². The molecule has 0 saturated heterocycles. The van der Waals surface area contributed by atoms with Crippen LogP contribution in [0.15, 0.2) is 28.3 Å². The van der Waals surface area contributed by atoms with Crippen LogP contribution in [0.25, 0.3) is 0 Å². The van der Waals surface area contributed by atoms with Crippen molar-refractivity contribution in [1.29, 1.82) is 0 Å². The minimum atomic E-state index is -0.658. The zero-order chi connectivity index (χ0) is 19.4. The number of thiophene rings is 1. The van der Waals surface area contributed by atoms with Crippen molar-refractivity contribution >= 4 is 50.1 Å². The predicted molar refractivity (Wildman–Crippen MR) is 103 cm³/mol. The lowest BCUT2D eigenvalue weighted by Gasteiger charge is -2.09. The van der Waals surface area contributed by atoms with Crippen molar-refractivity contribution in [2.24, 2.45) is 0 Å². The molecule has 0 unspecified atom stereocenters. The van der Waals surface area contributed by atoms with E-state index in [1.807, 2.05) is 5.38 Å². The van der Waals surface area contributed by atoms with Gasteiger partial charge in [0.1, 0.15) is 5.00 Å². The minimum Gasteiger partial charge on any atom is -0.462 e. The lowest BCUT2D eigenvalue weighted by Crippen LogP contribution is -2.22. The van der Waals surface area contributed by atoms with E-state index in [1.54, 1.807) is 13.0 Å². The Hall–Kier alpha value is -2.26. The van der Waals surface area contributed by atoms with Gasteiger partial charge in [-0.3, -0.25) is 9.78 Å². The second-order valence-corrected chi connectivity index (χ2v) is 7.70. The first-order chi connectivity index (χ1) is 13.0. The fourth-order valence-electron chi connectivity index (χ4n) is 2.47. The summed E-state index contributed by atoms with van der Waals surface area (Å²) in [5, 5.41) is 4.94. The smallest absolute Gasteiger partial charge is 0.341 e. The molecule has 0 radical (unpaired) electrons. The number of hydrogen-bond donors (Lipinski definition) is 1. The van der Waals surface area contributed by atoms with Gasteiger partial charge in [0.2, 0.25) is 0 Å². The average molecular weight is 453 g/mol. The third kappa shape index (κ3) is 4.92. The summed E-state index contributed by atoms with van der Waals surface area (Å²) in [5.41, 5.74) is 1.54. The molecule has 1 amide bonds. The molecule has 27 heavy (non-hydrogen) atoms. The summed E-state index contributed by atoms with van der Waals surface area (Å²) < 4.78 is 10.8. The van der Waals surface area contributed by atoms with E-state index >= 15 is 0 Å². The van der Waals surface area contributed by atoms with Crippen LogP contribution >= 0.6 is 27.3 Å². The molecule has 1 N–H and O–H groups in total. The first kappa shape index (κ1) is 19.5. The molecule has 2 heterocycles. The number of nitrogens with one attached hydrogen (secondary N) is 1. The summed E-state index contributed by atoms with van der Waals surface area (Å²) in [6, 6.07) is 1.55. The number of halogens is 1. The molecule has 2 aromatic rings. The van der Waals surface area contributed by atoms with Gasteiger partial charge in [-0.15, -0.1) is 11.3 Å². The Morgan fingerprint density at radius 2 is 2.04 bits per heavy atom. The minimum absolute atomic E-state index is 0.233. The highest BCUT2D eigenvalue weighted by Crippen LogP contribution is 2.46. The van der Waals surface area contributed by atoms with Gasteiger partial charge in [-0.2, -0.15) is 0 Å². The monoisotopic (exact) mass is 452 g/mol. The quantitative estimate of drug-likeness (QED) is 0.642. The number of ether oxygens (including phenoxy) is 2. The highest BCUT2D eigenvalue weighted by atomic mass is 79.9. The lowest BCUT2D eigenvalue weighted by molar-refractivity contribution is -0.119. The maximum atomic E-state index is 12.3. The van der Waals surface area contributed by atoms with Gasteiger partial charge in [0.05, 0.1) is 17.7 Å². The molecule has 7 nitrogen and oxygen atoms in total. The number of nitrogens with zero attached hydrogens (tertiary/aromatic N) is 1. The Morgan fingerprint density at radius 3 is 2.70 bits per heavy atom. The van der Waals surface area contributed by atoms with Crippen LogP contribution in [-0.4, -0.2) is 36.0 Å². The topological polar surface area (TPSA) is 94.6 Å². The largest absolute Gasteiger partial charge is 0.462 e. The van der Waals surface area contributed by atoms with Gasteiger partial charge in [-0.25, -0.2) is 9.59 Å². The van der Waals surface area contributed by atoms with E-state index in [2.05, 4.69) is 26.2 Å². The summed E-state index contributed by atoms with van der Waals surface area (Å²) >= 11 is 4.49. The highest BCUT2D eigenvalue weighted by molar-refractivity contribution is 9.10. The molecule has 1 aliphatic carbocycles. The number of hydrogen-bond acceptors (Lipinski definition) is 7. The summed E-state index contributed by atoms with van der Waals surface area (Å²) in [4.78, 5) is 40.3. The fourth-order valence-corrected chi connectivity index (χ4v) is 3.88. The number of anilines is 1. The summed E-state index contributed by atoms with van der Waals surface area (Å²) in [6.07, 6.45) is 4.93. The zero-order valence-electron chi connectivity index (χ0n) is 14.5. The Bertz CT molecular complexity index is 878. The van der Waals surface area contributed by atoms with Crippen LogP contribution in [0.5, 0.6) is 0 Å². The van der Waals surface area contributed by atoms with E-state index in [9.17, 15) is 14.4 Å². The normalized spacial score (nSPS) is 13.1. The summed E-state index contributed by atoms with van der Waals surface area (Å²) in [5.74, 6) is -1.29. The van der Waals surface area contributed by atoms with Crippen molar-refractivity contribution < 1.29 is 23.9 Å². The van der Waals surface area contributed by atoms with Crippen molar-refractivity contribution in [3.05, 3.63) is 45.0 Å². The van der Waals surface area contributed by atoms with Crippen LogP contribution in [0, 0.1) is 0 Å². The number of amides is 1. The summed E-state index contributed by atoms with van der Waals surface area (Å²) in [7, 11) is 0. The standard InChI is InChI=1S/C18H17BrN2O5S/c1-2-25-18(24)15-13(10-3-4-10)9-27-16(15)21-14(22)8-26-17(23)11-5-12(19)7-20-6-11/h5-7,9-10H,2-4,8H2,1H3,(H,21,22). The van der Waals surface area contributed by atoms with E-state index in [0.29, 0.717) is 21.0 Å². The predicted octanol–water partition coefficient (Wildman–Crippen LogP) is 3.76. The molecule has 1 fully saturated rings.